The standard InChI is InChI=1S/C6H8BOP/c8-7(9)6-4-2-1-3-5-6/h1-5,8H,9H2. The minimum absolute atomic E-state index is 0.425. The third kappa shape index (κ3) is 1.81. The molecule has 1 rings (SSSR count). The summed E-state index contributed by atoms with van der Waals surface area (Å²) >= 11 is 0. The average Bonchev–Trinajstić information content (AvgIpc) is 1.90. The van der Waals surface area contributed by atoms with Crippen molar-refractivity contribution in [1.82, 2.24) is 0 Å². The SMILES string of the molecule is OB(P)c1ccccc1. The Morgan fingerprint density at radius 1 is 1.22 bits per heavy atom. The summed E-state index contributed by atoms with van der Waals surface area (Å²) in [7, 11) is 2.33. The van der Waals surface area contributed by atoms with Crippen LogP contribution in [0.15, 0.2) is 30.3 Å². The van der Waals surface area contributed by atoms with Crippen molar-refractivity contribution in [1.29, 1.82) is 0 Å². The molecule has 0 radical (unpaired) electrons. The lowest BCUT2D eigenvalue weighted by molar-refractivity contribution is 0.608. The first kappa shape index (κ1) is 6.79. The fourth-order valence-corrected chi connectivity index (χ4v) is 0.872. The van der Waals surface area contributed by atoms with E-state index in [1.165, 1.54) is 0 Å². The fourth-order valence-electron chi connectivity index (χ4n) is 0.650. The molecule has 0 fully saturated rings. The molecule has 0 saturated heterocycles. The van der Waals surface area contributed by atoms with E-state index in [0.717, 1.165) is 5.46 Å². The van der Waals surface area contributed by atoms with E-state index in [9.17, 15) is 0 Å². The van der Waals surface area contributed by atoms with Crippen LogP contribution in [0.4, 0.5) is 0 Å². The molecule has 0 saturated carbocycles. The van der Waals surface area contributed by atoms with Crippen LogP contribution in [-0.4, -0.2) is 11.7 Å². The third-order valence-corrected chi connectivity index (χ3v) is 1.53. The first-order valence-electron chi connectivity index (χ1n) is 2.79. The maximum Gasteiger partial charge on any atom is 0.346 e. The molecule has 1 atom stereocenters. The Morgan fingerprint density at radius 2 is 1.78 bits per heavy atom. The van der Waals surface area contributed by atoms with Crippen LogP contribution in [0.3, 0.4) is 0 Å². The molecule has 0 heterocycles. The molecule has 0 aromatic heterocycles. The first-order chi connectivity index (χ1) is 4.30. The molecule has 9 heavy (non-hydrogen) atoms. The van der Waals surface area contributed by atoms with E-state index in [1.807, 2.05) is 30.3 Å². The summed E-state index contributed by atoms with van der Waals surface area (Å²) in [6.07, 6.45) is 0. The Hall–Kier alpha value is -0.325. The molecule has 0 aliphatic rings. The second-order valence-corrected chi connectivity index (χ2v) is 2.49. The van der Waals surface area contributed by atoms with Gasteiger partial charge in [0.1, 0.15) is 0 Å². The van der Waals surface area contributed by atoms with E-state index < -0.39 is 6.64 Å². The summed E-state index contributed by atoms with van der Waals surface area (Å²) < 4.78 is 0. The van der Waals surface area contributed by atoms with Gasteiger partial charge in [-0.05, 0) is 5.46 Å². The van der Waals surface area contributed by atoms with Gasteiger partial charge in [-0.2, -0.15) is 0 Å². The molecule has 46 valence electrons. The van der Waals surface area contributed by atoms with Crippen molar-refractivity contribution < 1.29 is 5.02 Å². The smallest absolute Gasteiger partial charge is 0.346 e. The predicted molar refractivity (Wildman–Crippen MR) is 43.8 cm³/mol. The highest BCUT2D eigenvalue weighted by atomic mass is 31.0. The van der Waals surface area contributed by atoms with Crippen LogP contribution in [0.25, 0.3) is 0 Å². The summed E-state index contributed by atoms with van der Waals surface area (Å²) in [5.74, 6) is 0. The van der Waals surface area contributed by atoms with E-state index in [2.05, 4.69) is 9.12 Å². The van der Waals surface area contributed by atoms with Crippen LogP contribution in [0, 0.1) is 0 Å². The summed E-state index contributed by atoms with van der Waals surface area (Å²) in [6, 6.07) is 9.51. The molecule has 1 N–H and O–H groups in total. The predicted octanol–water partition coefficient (Wildman–Crippen LogP) is 0.249. The van der Waals surface area contributed by atoms with Crippen molar-refractivity contribution in [3.8, 4) is 0 Å². The molecule has 3 heteroatoms. The molecule has 0 spiro atoms. The molecule has 0 bridgehead atoms. The Morgan fingerprint density at radius 3 is 2.11 bits per heavy atom. The van der Waals surface area contributed by atoms with Crippen LogP contribution < -0.4 is 5.46 Å². The maximum atomic E-state index is 8.99. The van der Waals surface area contributed by atoms with E-state index in [1.54, 1.807) is 0 Å². The van der Waals surface area contributed by atoms with Crippen molar-refractivity contribution in [2.24, 2.45) is 0 Å². The van der Waals surface area contributed by atoms with Gasteiger partial charge in [-0.3, -0.25) is 0 Å². The topological polar surface area (TPSA) is 20.2 Å². The quantitative estimate of drug-likeness (QED) is 0.435. The lowest BCUT2D eigenvalue weighted by Gasteiger charge is -1.96. The van der Waals surface area contributed by atoms with Crippen LogP contribution in [0.5, 0.6) is 0 Å². The van der Waals surface area contributed by atoms with Gasteiger partial charge in [-0.1, -0.05) is 30.3 Å². The lowest BCUT2D eigenvalue weighted by Crippen LogP contribution is -2.22. The van der Waals surface area contributed by atoms with E-state index in [-0.39, 0.29) is 0 Å². The van der Waals surface area contributed by atoms with Gasteiger partial charge in [0.25, 0.3) is 0 Å². The highest BCUT2D eigenvalue weighted by Crippen LogP contribution is 1.90. The molecule has 1 nitrogen and oxygen atoms in total. The monoisotopic (exact) mass is 138 g/mol. The molecular weight excluding hydrogens is 130 g/mol. The van der Waals surface area contributed by atoms with Gasteiger partial charge in [0.2, 0.25) is 0 Å². The second-order valence-electron chi connectivity index (χ2n) is 1.86. The lowest BCUT2D eigenvalue weighted by atomic mass is 9.87. The average molecular weight is 138 g/mol. The second kappa shape index (κ2) is 3.00. The normalized spacial score (nSPS) is 9.11. The van der Waals surface area contributed by atoms with E-state index in [4.69, 9.17) is 5.02 Å². The number of benzene rings is 1. The van der Waals surface area contributed by atoms with Crippen LogP contribution in [-0.2, 0) is 0 Å². The number of hydrogen-bond donors (Lipinski definition) is 1. The van der Waals surface area contributed by atoms with Crippen molar-refractivity contribution in [3.05, 3.63) is 30.3 Å². The summed E-state index contributed by atoms with van der Waals surface area (Å²) in [6.45, 7) is -0.425. The van der Waals surface area contributed by atoms with Crippen molar-refractivity contribution in [3.63, 3.8) is 0 Å². The zero-order valence-electron chi connectivity index (χ0n) is 4.99. The van der Waals surface area contributed by atoms with Gasteiger partial charge in [-0.15, -0.1) is 9.12 Å². The van der Waals surface area contributed by atoms with Gasteiger partial charge >= 0.3 is 6.64 Å². The Kier molecular flexibility index (Phi) is 2.26. The summed E-state index contributed by atoms with van der Waals surface area (Å²) in [5, 5.41) is 8.99. The summed E-state index contributed by atoms with van der Waals surface area (Å²) in [4.78, 5) is 0. The van der Waals surface area contributed by atoms with Gasteiger partial charge in [0, 0.05) is 0 Å². The first-order valence-corrected chi connectivity index (χ1v) is 3.46. The Balaban J connectivity index is 2.85. The maximum absolute atomic E-state index is 8.99. The molecule has 0 aliphatic carbocycles. The molecule has 0 aliphatic heterocycles. The molecule has 1 aromatic carbocycles. The van der Waals surface area contributed by atoms with Gasteiger partial charge < -0.3 is 5.02 Å². The number of rotatable bonds is 1. The minimum atomic E-state index is -0.425. The Labute approximate surface area is 57.4 Å². The molecule has 1 aromatic rings. The molecule has 0 amide bonds. The Bertz CT molecular complexity index is 176. The van der Waals surface area contributed by atoms with E-state index in [0.29, 0.717) is 0 Å². The summed E-state index contributed by atoms with van der Waals surface area (Å²) in [5.41, 5.74) is 0.933. The largest absolute Gasteiger partial charge is 0.443 e. The molecular formula is C6H8BOP. The number of hydrogen-bond acceptors (Lipinski definition) is 1. The zero-order valence-corrected chi connectivity index (χ0v) is 6.14. The minimum Gasteiger partial charge on any atom is -0.443 e. The van der Waals surface area contributed by atoms with Crippen molar-refractivity contribution in [2.45, 2.75) is 0 Å². The fraction of sp³-hybridized carbons (Fsp3) is 0. The van der Waals surface area contributed by atoms with Crippen LogP contribution in [0.1, 0.15) is 0 Å². The van der Waals surface area contributed by atoms with E-state index >= 15 is 0 Å². The van der Waals surface area contributed by atoms with Gasteiger partial charge in [-0.25, -0.2) is 0 Å². The highest BCUT2D eigenvalue weighted by Gasteiger charge is 2.02. The van der Waals surface area contributed by atoms with Gasteiger partial charge in [0.15, 0.2) is 0 Å². The zero-order chi connectivity index (χ0) is 6.69. The third-order valence-electron chi connectivity index (χ3n) is 1.14. The molecule has 1 unspecified atom stereocenters. The van der Waals surface area contributed by atoms with Crippen LogP contribution in [0.2, 0.25) is 0 Å². The van der Waals surface area contributed by atoms with Gasteiger partial charge in [0.05, 0.1) is 0 Å². The van der Waals surface area contributed by atoms with Crippen molar-refractivity contribution in [2.75, 3.05) is 0 Å². The van der Waals surface area contributed by atoms with Crippen LogP contribution >= 0.6 is 9.12 Å². The van der Waals surface area contributed by atoms with Crippen molar-refractivity contribution >= 4 is 21.2 Å². The highest BCUT2D eigenvalue weighted by molar-refractivity contribution is 7.63.